The van der Waals surface area contributed by atoms with Crippen molar-refractivity contribution in [3.63, 3.8) is 0 Å². The molecule has 1 heterocycles. The van der Waals surface area contributed by atoms with Crippen LogP contribution >= 0.6 is 11.3 Å². The molecule has 4 N–H and O–H groups in total. The molecule has 1 aromatic carbocycles. The highest BCUT2D eigenvalue weighted by Gasteiger charge is 2.07. The Kier molecular flexibility index (Phi) is 4.94. The summed E-state index contributed by atoms with van der Waals surface area (Å²) in [7, 11) is 0. The highest BCUT2D eigenvalue weighted by atomic mass is 32.1. The SMILES string of the molecule is CCc1ccc(CNC(=O)c2cccc(NC(N)=O)c2)s1. The molecule has 0 bridgehead atoms. The fourth-order valence-corrected chi connectivity index (χ4v) is 2.75. The van der Waals surface area contributed by atoms with Crippen LogP contribution in [0.5, 0.6) is 0 Å². The maximum absolute atomic E-state index is 12.1. The first-order valence-corrected chi connectivity index (χ1v) is 7.42. The molecule has 5 nitrogen and oxygen atoms in total. The van der Waals surface area contributed by atoms with Gasteiger partial charge in [-0.1, -0.05) is 13.0 Å². The monoisotopic (exact) mass is 303 g/mol. The van der Waals surface area contributed by atoms with Crippen molar-refractivity contribution >= 4 is 29.0 Å². The number of carbonyl (C=O) groups is 2. The fraction of sp³-hybridized carbons (Fsp3) is 0.200. The molecule has 1 aromatic heterocycles. The van der Waals surface area contributed by atoms with Gasteiger partial charge in [0.15, 0.2) is 0 Å². The van der Waals surface area contributed by atoms with Gasteiger partial charge in [-0.15, -0.1) is 11.3 Å². The summed E-state index contributed by atoms with van der Waals surface area (Å²) in [5, 5.41) is 5.31. The molecule has 0 aliphatic heterocycles. The van der Waals surface area contributed by atoms with Crippen LogP contribution < -0.4 is 16.4 Å². The van der Waals surface area contributed by atoms with Crippen LogP contribution in [0.2, 0.25) is 0 Å². The van der Waals surface area contributed by atoms with Crippen LogP contribution in [0, 0.1) is 0 Å². The van der Waals surface area contributed by atoms with E-state index in [1.807, 2.05) is 6.07 Å². The molecule has 0 saturated heterocycles. The van der Waals surface area contributed by atoms with E-state index in [-0.39, 0.29) is 5.91 Å². The Balaban J connectivity index is 1.98. The van der Waals surface area contributed by atoms with E-state index in [1.165, 1.54) is 4.88 Å². The van der Waals surface area contributed by atoms with Crippen molar-refractivity contribution in [1.29, 1.82) is 0 Å². The Morgan fingerprint density at radius 3 is 2.62 bits per heavy atom. The molecular weight excluding hydrogens is 286 g/mol. The number of anilines is 1. The smallest absolute Gasteiger partial charge is 0.316 e. The van der Waals surface area contributed by atoms with Gasteiger partial charge < -0.3 is 16.4 Å². The minimum Gasteiger partial charge on any atom is -0.351 e. The van der Waals surface area contributed by atoms with Crippen LogP contribution in [0.25, 0.3) is 0 Å². The van der Waals surface area contributed by atoms with E-state index in [0.29, 0.717) is 17.8 Å². The van der Waals surface area contributed by atoms with Gasteiger partial charge in [-0.25, -0.2) is 4.79 Å². The second-order valence-corrected chi connectivity index (χ2v) is 5.73. The van der Waals surface area contributed by atoms with E-state index in [2.05, 4.69) is 23.6 Å². The van der Waals surface area contributed by atoms with Crippen molar-refractivity contribution in [3.05, 3.63) is 51.7 Å². The predicted octanol–water partition coefficient (Wildman–Crippen LogP) is 2.73. The average Bonchev–Trinajstić information content (AvgIpc) is 2.92. The number of primary amides is 1. The molecule has 0 saturated carbocycles. The number of benzene rings is 1. The minimum absolute atomic E-state index is 0.186. The van der Waals surface area contributed by atoms with Gasteiger partial charge in [-0.05, 0) is 36.8 Å². The number of hydrogen-bond acceptors (Lipinski definition) is 3. The lowest BCUT2D eigenvalue weighted by molar-refractivity contribution is 0.0951. The molecule has 6 heteroatoms. The molecule has 2 rings (SSSR count). The van der Waals surface area contributed by atoms with Crippen LogP contribution in [0.15, 0.2) is 36.4 Å². The van der Waals surface area contributed by atoms with E-state index in [1.54, 1.807) is 35.6 Å². The largest absolute Gasteiger partial charge is 0.351 e. The number of nitrogens with one attached hydrogen (secondary N) is 2. The fourth-order valence-electron chi connectivity index (χ4n) is 1.86. The zero-order valence-electron chi connectivity index (χ0n) is 11.7. The van der Waals surface area contributed by atoms with E-state index in [9.17, 15) is 9.59 Å². The third-order valence-corrected chi connectivity index (χ3v) is 4.11. The molecule has 0 radical (unpaired) electrons. The van der Waals surface area contributed by atoms with E-state index >= 15 is 0 Å². The Hall–Kier alpha value is -2.34. The van der Waals surface area contributed by atoms with Gasteiger partial charge >= 0.3 is 6.03 Å². The summed E-state index contributed by atoms with van der Waals surface area (Å²) in [6, 6.07) is 10.1. The molecule has 21 heavy (non-hydrogen) atoms. The molecule has 0 aliphatic rings. The topological polar surface area (TPSA) is 84.2 Å². The number of carbonyl (C=O) groups excluding carboxylic acids is 2. The van der Waals surface area contributed by atoms with Crippen LogP contribution in [-0.2, 0) is 13.0 Å². The number of hydrogen-bond donors (Lipinski definition) is 3. The second kappa shape index (κ2) is 6.90. The van der Waals surface area contributed by atoms with Gasteiger partial charge in [0, 0.05) is 21.0 Å². The van der Waals surface area contributed by atoms with Gasteiger partial charge in [0.05, 0.1) is 6.54 Å². The summed E-state index contributed by atoms with van der Waals surface area (Å²) < 4.78 is 0. The zero-order valence-corrected chi connectivity index (χ0v) is 12.5. The average molecular weight is 303 g/mol. The van der Waals surface area contributed by atoms with Crippen LogP contribution in [0.4, 0.5) is 10.5 Å². The second-order valence-electron chi connectivity index (χ2n) is 4.47. The summed E-state index contributed by atoms with van der Waals surface area (Å²) >= 11 is 1.69. The van der Waals surface area contributed by atoms with E-state index < -0.39 is 6.03 Å². The minimum atomic E-state index is -0.654. The molecule has 2 aromatic rings. The van der Waals surface area contributed by atoms with E-state index in [0.717, 1.165) is 11.3 Å². The number of nitrogens with two attached hydrogens (primary N) is 1. The molecule has 0 fully saturated rings. The summed E-state index contributed by atoms with van der Waals surface area (Å²) in [5.74, 6) is -0.186. The molecular formula is C15H17N3O2S. The number of urea groups is 1. The highest BCUT2D eigenvalue weighted by Crippen LogP contribution is 2.17. The Bertz CT molecular complexity index is 652. The first kappa shape index (κ1) is 15.1. The van der Waals surface area contributed by atoms with Gasteiger partial charge in [-0.3, -0.25) is 4.79 Å². The third-order valence-electron chi connectivity index (χ3n) is 2.88. The lowest BCUT2D eigenvalue weighted by Gasteiger charge is -2.06. The molecule has 3 amide bonds. The quantitative estimate of drug-likeness (QED) is 0.793. The highest BCUT2D eigenvalue weighted by molar-refractivity contribution is 7.11. The van der Waals surface area contributed by atoms with Crippen molar-refractivity contribution < 1.29 is 9.59 Å². The standard InChI is InChI=1S/C15H17N3O2S/c1-2-12-6-7-13(21-12)9-17-14(19)10-4-3-5-11(8-10)18-15(16)20/h3-8H,2,9H2,1H3,(H,17,19)(H3,16,18,20). The van der Waals surface area contributed by atoms with Crippen molar-refractivity contribution in [3.8, 4) is 0 Å². The van der Waals surface area contributed by atoms with Crippen molar-refractivity contribution in [2.24, 2.45) is 5.73 Å². The predicted molar refractivity (Wildman–Crippen MR) is 84.5 cm³/mol. The van der Waals surface area contributed by atoms with Crippen molar-refractivity contribution in [2.75, 3.05) is 5.32 Å². The van der Waals surface area contributed by atoms with Gasteiger partial charge in [0.25, 0.3) is 5.91 Å². The number of aryl methyl sites for hydroxylation is 1. The molecule has 0 atom stereocenters. The summed E-state index contributed by atoms with van der Waals surface area (Å²) in [6.45, 7) is 2.60. The summed E-state index contributed by atoms with van der Waals surface area (Å²) in [5.41, 5.74) is 6.03. The lowest BCUT2D eigenvalue weighted by atomic mass is 10.2. The van der Waals surface area contributed by atoms with Crippen molar-refractivity contribution in [1.82, 2.24) is 5.32 Å². The number of amides is 3. The van der Waals surface area contributed by atoms with Gasteiger partial charge in [0.2, 0.25) is 0 Å². The molecule has 0 unspecified atom stereocenters. The lowest BCUT2D eigenvalue weighted by Crippen LogP contribution is -2.23. The Morgan fingerprint density at radius 2 is 1.95 bits per heavy atom. The zero-order chi connectivity index (χ0) is 15.2. The maximum atomic E-state index is 12.1. The third kappa shape index (κ3) is 4.32. The van der Waals surface area contributed by atoms with E-state index in [4.69, 9.17) is 5.73 Å². The first-order chi connectivity index (χ1) is 10.1. The molecule has 110 valence electrons. The van der Waals surface area contributed by atoms with Crippen molar-refractivity contribution in [2.45, 2.75) is 19.9 Å². The normalized spacial score (nSPS) is 10.1. The van der Waals surface area contributed by atoms with Gasteiger partial charge in [0.1, 0.15) is 0 Å². The van der Waals surface area contributed by atoms with Crippen LogP contribution in [0.3, 0.4) is 0 Å². The first-order valence-electron chi connectivity index (χ1n) is 6.60. The Labute approximate surface area is 127 Å². The van der Waals surface area contributed by atoms with Crippen LogP contribution in [-0.4, -0.2) is 11.9 Å². The summed E-state index contributed by atoms with van der Waals surface area (Å²) in [4.78, 5) is 25.3. The molecule has 0 aliphatic carbocycles. The van der Waals surface area contributed by atoms with Crippen LogP contribution in [0.1, 0.15) is 27.0 Å². The maximum Gasteiger partial charge on any atom is 0.316 e. The summed E-state index contributed by atoms with van der Waals surface area (Å²) in [6.07, 6.45) is 0.999. The molecule has 0 spiro atoms. The van der Waals surface area contributed by atoms with Gasteiger partial charge in [-0.2, -0.15) is 0 Å². The Morgan fingerprint density at radius 1 is 1.19 bits per heavy atom. The number of rotatable bonds is 5. The number of thiophene rings is 1.